The second-order valence-corrected chi connectivity index (χ2v) is 17.0. The molecule has 13 heteroatoms. The van der Waals surface area contributed by atoms with Gasteiger partial charge in [0.15, 0.2) is 8.32 Å². The molecule has 1 amide bonds. The van der Waals surface area contributed by atoms with Crippen LogP contribution < -0.4 is 5.32 Å². The van der Waals surface area contributed by atoms with E-state index in [-0.39, 0.29) is 30.1 Å². The van der Waals surface area contributed by atoms with E-state index < -0.39 is 72.2 Å². The minimum atomic E-state index is -4.93. The van der Waals surface area contributed by atoms with Gasteiger partial charge in [0.2, 0.25) is 5.60 Å². The number of rotatable bonds is 7. The molecular formula is C30H31F7N2O3Si. The Balaban J connectivity index is 2.02. The largest absolute Gasteiger partial charge is 0.417 e. The molecule has 0 radical (unpaired) electrons. The van der Waals surface area contributed by atoms with Crippen LogP contribution in [-0.2, 0) is 27.0 Å². The van der Waals surface area contributed by atoms with E-state index in [0.717, 1.165) is 12.1 Å². The second-order valence-electron chi connectivity index (χ2n) is 12.2. The lowest BCUT2D eigenvalue weighted by atomic mass is 9.82. The van der Waals surface area contributed by atoms with Crippen LogP contribution in [0.15, 0.2) is 36.4 Å². The van der Waals surface area contributed by atoms with Gasteiger partial charge in [-0.15, -0.1) is 0 Å². The third-order valence-corrected chi connectivity index (χ3v) is 12.5. The van der Waals surface area contributed by atoms with Crippen molar-refractivity contribution >= 4 is 19.9 Å². The van der Waals surface area contributed by atoms with Gasteiger partial charge >= 0.3 is 12.4 Å². The normalized spacial score (nSPS) is 16.4. The summed E-state index contributed by atoms with van der Waals surface area (Å²) >= 11 is 0. The number of halogens is 7. The van der Waals surface area contributed by atoms with Gasteiger partial charge in [0, 0.05) is 17.5 Å². The fourth-order valence-electron chi connectivity index (χ4n) is 4.28. The van der Waals surface area contributed by atoms with E-state index in [1.54, 1.807) is 0 Å². The van der Waals surface area contributed by atoms with Crippen molar-refractivity contribution in [2.24, 2.45) is 0 Å². The van der Waals surface area contributed by atoms with Crippen LogP contribution in [0.4, 0.5) is 36.4 Å². The summed E-state index contributed by atoms with van der Waals surface area (Å²) in [7, 11) is -2.32. The summed E-state index contributed by atoms with van der Waals surface area (Å²) in [6.45, 7) is 9.59. The maximum atomic E-state index is 14.9. The number of carbonyl (C=O) groups excluding carboxylic acids is 1. The highest BCUT2D eigenvalue weighted by Gasteiger charge is 2.54. The van der Waals surface area contributed by atoms with E-state index in [0.29, 0.717) is 24.3 Å². The predicted octanol–water partition coefficient (Wildman–Crippen LogP) is 7.55. The average molecular weight is 629 g/mol. The lowest BCUT2D eigenvalue weighted by Crippen LogP contribution is -2.45. The van der Waals surface area contributed by atoms with E-state index in [4.69, 9.17) is 9.69 Å². The van der Waals surface area contributed by atoms with Crippen molar-refractivity contribution in [2.75, 3.05) is 11.9 Å². The Hall–Kier alpha value is -3.39. The number of nitrogens with one attached hydrogen (secondary N) is 1. The zero-order chi connectivity index (χ0) is 32.6. The van der Waals surface area contributed by atoms with Crippen molar-refractivity contribution in [3.05, 3.63) is 64.5 Å². The highest BCUT2D eigenvalue weighted by Crippen LogP contribution is 2.55. The Labute approximate surface area is 246 Å². The Morgan fingerprint density at radius 3 is 2.19 bits per heavy atom. The van der Waals surface area contributed by atoms with Gasteiger partial charge in [0.1, 0.15) is 5.82 Å². The highest BCUT2D eigenvalue weighted by atomic mass is 28.4. The molecule has 43 heavy (non-hydrogen) atoms. The van der Waals surface area contributed by atoms with E-state index in [9.17, 15) is 40.6 Å². The number of anilines is 1. The van der Waals surface area contributed by atoms with E-state index >= 15 is 0 Å². The summed E-state index contributed by atoms with van der Waals surface area (Å²) in [6, 6.07) is 5.67. The first-order valence-corrected chi connectivity index (χ1v) is 16.1. The molecule has 1 saturated carbocycles. The molecule has 1 aliphatic rings. The summed E-state index contributed by atoms with van der Waals surface area (Å²) in [6.07, 6.45) is -10.1. The number of benzene rings is 2. The lowest BCUT2D eigenvalue weighted by Gasteiger charge is -2.35. The zero-order valence-corrected chi connectivity index (χ0v) is 25.1. The molecule has 2 aromatic carbocycles. The smallest absolute Gasteiger partial charge is 0.406 e. The molecule has 2 N–H and O–H groups in total. The van der Waals surface area contributed by atoms with E-state index in [1.165, 1.54) is 6.07 Å². The number of hydrogen-bond donors (Lipinski definition) is 2. The van der Waals surface area contributed by atoms with Crippen LogP contribution >= 0.6 is 0 Å². The van der Waals surface area contributed by atoms with Crippen LogP contribution in [0, 0.1) is 29.0 Å². The fourth-order valence-corrected chi connectivity index (χ4v) is 5.14. The van der Waals surface area contributed by atoms with E-state index in [1.807, 2.05) is 33.9 Å². The second kappa shape index (κ2) is 11.6. The summed E-state index contributed by atoms with van der Waals surface area (Å²) in [5, 5.41) is 22.6. The molecule has 2 aromatic rings. The van der Waals surface area contributed by atoms with Gasteiger partial charge in [-0.05, 0) is 72.9 Å². The Kier molecular flexibility index (Phi) is 9.20. The molecule has 0 heterocycles. The zero-order valence-electron chi connectivity index (χ0n) is 24.1. The number of nitriles is 1. The SMILES string of the molecule is CC(C)(C)[Si](C)(C)OCC#CC(O)(CC1(c2cc(C(F)(F)F)ccc2F)CC1)C(=O)Nc1ccc(C#N)c(C(F)(F)F)c1. The van der Waals surface area contributed by atoms with Crippen LogP contribution in [0.2, 0.25) is 18.1 Å². The summed E-state index contributed by atoms with van der Waals surface area (Å²) in [4.78, 5) is 13.4. The third-order valence-electron chi connectivity index (χ3n) is 8.00. The average Bonchev–Trinajstić information content (AvgIpc) is 3.64. The van der Waals surface area contributed by atoms with E-state index in [2.05, 4.69) is 17.2 Å². The Bertz CT molecular complexity index is 1490. The first-order chi connectivity index (χ1) is 19.5. The summed E-state index contributed by atoms with van der Waals surface area (Å²) in [5.74, 6) is 2.75. The van der Waals surface area contributed by atoms with Crippen LogP contribution in [0.3, 0.4) is 0 Å². The van der Waals surface area contributed by atoms with Gasteiger partial charge in [0.25, 0.3) is 5.91 Å². The number of alkyl halides is 6. The molecule has 1 fully saturated rings. The fraction of sp³-hybridized carbons (Fsp3) is 0.467. The standard InChI is InChI=1S/C30H31F7N2O3Si/c1-26(2,3)43(4,5)42-14-6-11-28(41,25(40)39-21-9-7-19(17-38)22(16-21)30(35,36)37)18-27(12-13-27)23-15-20(29(32,33)34)8-10-24(23)31/h7-10,15-16,41H,12-14,18H2,1-5H3,(H,39,40). The lowest BCUT2D eigenvalue weighted by molar-refractivity contribution is -0.138. The summed E-state index contributed by atoms with van der Waals surface area (Å²) in [5.41, 5.74) is -7.96. The summed E-state index contributed by atoms with van der Waals surface area (Å²) < 4.78 is 101. The first kappa shape index (κ1) is 34.1. The van der Waals surface area contributed by atoms with Crippen molar-refractivity contribution < 1.29 is 45.1 Å². The van der Waals surface area contributed by atoms with Gasteiger partial charge in [-0.1, -0.05) is 32.6 Å². The maximum Gasteiger partial charge on any atom is 0.417 e. The topological polar surface area (TPSA) is 82.3 Å². The predicted molar refractivity (Wildman–Crippen MR) is 148 cm³/mol. The quantitative estimate of drug-likeness (QED) is 0.189. The van der Waals surface area contributed by atoms with Crippen LogP contribution in [0.25, 0.3) is 0 Å². The van der Waals surface area contributed by atoms with Crippen LogP contribution in [0.1, 0.15) is 62.3 Å². The third kappa shape index (κ3) is 7.77. The molecule has 5 nitrogen and oxygen atoms in total. The minimum Gasteiger partial charge on any atom is -0.406 e. The number of nitrogens with zero attached hydrogens (tertiary/aromatic N) is 1. The van der Waals surface area contributed by atoms with Gasteiger partial charge < -0.3 is 14.8 Å². The van der Waals surface area contributed by atoms with Crippen LogP contribution in [-0.4, -0.2) is 31.5 Å². The first-order valence-electron chi connectivity index (χ1n) is 13.2. The number of aliphatic hydroxyl groups is 1. The molecule has 3 rings (SSSR count). The van der Waals surface area contributed by atoms with Gasteiger partial charge in [-0.3, -0.25) is 4.79 Å². The Morgan fingerprint density at radius 1 is 1.05 bits per heavy atom. The van der Waals surface area contributed by atoms with Gasteiger partial charge in [-0.2, -0.15) is 31.6 Å². The molecule has 0 aliphatic heterocycles. The number of hydrogen-bond acceptors (Lipinski definition) is 4. The van der Waals surface area contributed by atoms with Crippen molar-refractivity contribution in [3.8, 4) is 17.9 Å². The van der Waals surface area contributed by atoms with Gasteiger partial charge in [0.05, 0.1) is 29.4 Å². The minimum absolute atomic E-state index is 0.123. The molecule has 232 valence electrons. The monoisotopic (exact) mass is 628 g/mol. The molecule has 0 aromatic heterocycles. The number of amides is 1. The van der Waals surface area contributed by atoms with Crippen molar-refractivity contribution in [2.45, 2.75) is 81.5 Å². The Morgan fingerprint density at radius 2 is 1.67 bits per heavy atom. The molecular weight excluding hydrogens is 597 g/mol. The van der Waals surface area contributed by atoms with Gasteiger partial charge in [-0.25, -0.2) is 4.39 Å². The molecule has 0 spiro atoms. The van der Waals surface area contributed by atoms with Crippen molar-refractivity contribution in [1.29, 1.82) is 5.26 Å². The molecule has 1 unspecified atom stereocenters. The highest BCUT2D eigenvalue weighted by molar-refractivity contribution is 6.74. The molecule has 0 saturated heterocycles. The number of carbonyl (C=O) groups is 1. The molecule has 0 bridgehead atoms. The molecule has 1 aliphatic carbocycles. The molecule has 1 atom stereocenters. The van der Waals surface area contributed by atoms with Crippen molar-refractivity contribution in [3.63, 3.8) is 0 Å². The maximum absolute atomic E-state index is 14.9. The van der Waals surface area contributed by atoms with Crippen molar-refractivity contribution in [1.82, 2.24) is 0 Å². The van der Waals surface area contributed by atoms with Crippen LogP contribution in [0.5, 0.6) is 0 Å².